The average molecular weight is 445 g/mol. The lowest BCUT2D eigenvalue weighted by molar-refractivity contribution is -0.120. The number of hydrogen-bond acceptors (Lipinski definition) is 7. The van der Waals surface area contributed by atoms with E-state index < -0.39 is 11.9 Å². The van der Waals surface area contributed by atoms with Crippen LogP contribution in [-0.4, -0.2) is 56.5 Å². The highest BCUT2D eigenvalue weighted by Crippen LogP contribution is 2.33. The fraction of sp³-hybridized carbons (Fsp3) is 0.217. The third kappa shape index (κ3) is 4.36. The summed E-state index contributed by atoms with van der Waals surface area (Å²) in [6.07, 6.45) is 4.73. The monoisotopic (exact) mass is 445 g/mol. The second-order valence-electron chi connectivity index (χ2n) is 7.39. The van der Waals surface area contributed by atoms with Gasteiger partial charge in [-0.25, -0.2) is 4.68 Å². The maximum absolute atomic E-state index is 13.0. The van der Waals surface area contributed by atoms with Crippen molar-refractivity contribution in [2.24, 2.45) is 0 Å². The van der Waals surface area contributed by atoms with Gasteiger partial charge in [-0.1, -0.05) is 43.0 Å². The Morgan fingerprint density at radius 1 is 1.15 bits per heavy atom. The number of aromatic nitrogens is 5. The molecule has 0 aliphatic carbocycles. The Bertz CT molecular complexity index is 1310. The van der Waals surface area contributed by atoms with Crippen LogP contribution in [0.4, 0.5) is 5.69 Å². The van der Waals surface area contributed by atoms with Crippen LogP contribution in [0.5, 0.6) is 5.75 Å². The number of benzene rings is 2. The Hall–Kier alpha value is -4.34. The molecule has 2 amide bonds. The van der Waals surface area contributed by atoms with E-state index in [2.05, 4.69) is 25.6 Å². The van der Waals surface area contributed by atoms with Crippen LogP contribution >= 0.6 is 0 Å². The summed E-state index contributed by atoms with van der Waals surface area (Å²) in [6, 6.07) is 12.3. The number of nitrogens with one attached hydrogen (secondary N) is 1. The average Bonchev–Trinajstić information content (AvgIpc) is 3.25. The predicted octanol–water partition coefficient (Wildman–Crippen LogP) is 2.06. The molecular formula is C23H23N7O3. The minimum absolute atomic E-state index is 0. The van der Waals surface area contributed by atoms with Gasteiger partial charge in [-0.05, 0) is 11.6 Å². The molecule has 1 aliphatic rings. The van der Waals surface area contributed by atoms with E-state index in [9.17, 15) is 9.59 Å². The summed E-state index contributed by atoms with van der Waals surface area (Å²) in [5, 5.41) is 10.7. The van der Waals surface area contributed by atoms with Gasteiger partial charge in [0.1, 0.15) is 18.4 Å². The molecule has 1 N–H and O–H groups in total. The van der Waals surface area contributed by atoms with Gasteiger partial charge in [0.05, 0.1) is 29.5 Å². The van der Waals surface area contributed by atoms with Crippen molar-refractivity contribution in [1.29, 1.82) is 0 Å². The topological polar surface area (TPSA) is 115 Å². The van der Waals surface area contributed by atoms with Gasteiger partial charge in [0, 0.05) is 25.5 Å². The van der Waals surface area contributed by atoms with Gasteiger partial charge >= 0.3 is 0 Å². The van der Waals surface area contributed by atoms with Crippen LogP contribution in [0.2, 0.25) is 0 Å². The summed E-state index contributed by atoms with van der Waals surface area (Å²) >= 11 is 0. The molecular weight excluding hydrogens is 422 g/mol. The van der Waals surface area contributed by atoms with Crippen molar-refractivity contribution in [1.82, 2.24) is 30.3 Å². The molecule has 0 fully saturated rings. The highest BCUT2D eigenvalue weighted by molar-refractivity contribution is 6.03. The molecule has 3 heterocycles. The van der Waals surface area contributed by atoms with Crippen molar-refractivity contribution < 1.29 is 14.3 Å². The minimum atomic E-state index is -0.886. The molecule has 0 saturated heterocycles. The van der Waals surface area contributed by atoms with Crippen molar-refractivity contribution in [3.8, 4) is 5.75 Å². The molecule has 2 aromatic heterocycles. The lowest BCUT2D eigenvalue weighted by Gasteiger charge is -2.20. The number of carbonyl (C=O) groups excluding carboxylic acids is 2. The molecule has 33 heavy (non-hydrogen) atoms. The number of amides is 2. The van der Waals surface area contributed by atoms with E-state index >= 15 is 0 Å². The van der Waals surface area contributed by atoms with E-state index in [0.29, 0.717) is 29.0 Å². The molecule has 0 saturated carbocycles. The number of anilines is 1. The Balaban J connectivity index is 0.00000259. The van der Waals surface area contributed by atoms with Gasteiger partial charge in [0.2, 0.25) is 0 Å². The normalized spacial score (nSPS) is 15.2. The molecule has 1 atom stereocenters. The molecule has 0 radical (unpaired) electrons. The first-order valence-electron chi connectivity index (χ1n) is 9.98. The first-order valence-corrected chi connectivity index (χ1v) is 9.98. The predicted molar refractivity (Wildman–Crippen MR) is 122 cm³/mol. The number of rotatable bonds is 4. The minimum Gasteiger partial charge on any atom is -0.489 e. The Morgan fingerprint density at radius 2 is 1.88 bits per heavy atom. The van der Waals surface area contributed by atoms with E-state index in [4.69, 9.17) is 4.74 Å². The molecule has 10 heteroatoms. The van der Waals surface area contributed by atoms with Crippen molar-refractivity contribution in [3.63, 3.8) is 0 Å². The van der Waals surface area contributed by atoms with Crippen molar-refractivity contribution in [2.75, 3.05) is 18.6 Å². The molecule has 0 bridgehead atoms. The Kier molecular flexibility index (Phi) is 5.99. The SMILES string of the molecule is C.CN1C(=O)[C@@H](NC(=O)c2cn(Cc3ccccc3)nn2)COc2cc3nccnc3cc21. The molecule has 4 aromatic rings. The third-order valence-corrected chi connectivity index (χ3v) is 5.21. The van der Waals surface area contributed by atoms with Crippen LogP contribution in [0, 0.1) is 0 Å². The van der Waals surface area contributed by atoms with Crippen molar-refractivity contribution in [3.05, 3.63) is 72.3 Å². The summed E-state index contributed by atoms with van der Waals surface area (Å²) in [5.41, 5.74) is 3.02. The summed E-state index contributed by atoms with van der Waals surface area (Å²) in [7, 11) is 1.63. The van der Waals surface area contributed by atoms with Crippen molar-refractivity contribution in [2.45, 2.75) is 20.0 Å². The zero-order valence-electron chi connectivity index (χ0n) is 17.2. The van der Waals surface area contributed by atoms with Gasteiger partial charge in [-0.3, -0.25) is 19.6 Å². The van der Waals surface area contributed by atoms with Gasteiger partial charge < -0.3 is 15.0 Å². The standard InChI is InChI=1S/C22H19N7O3.CH4/c1-28-19-9-15-16(24-8-7-23-15)10-20(19)32-13-18(22(28)31)25-21(30)17-12-29(27-26-17)11-14-5-3-2-4-6-14;/h2-10,12,18H,11,13H2,1H3,(H,25,30);1H4/t18-;/m0./s1. The number of likely N-dealkylation sites (N-methyl/N-ethyl adjacent to an activating group) is 1. The van der Waals surface area contributed by atoms with Gasteiger partial charge in [-0.2, -0.15) is 0 Å². The third-order valence-electron chi connectivity index (χ3n) is 5.21. The Morgan fingerprint density at radius 3 is 2.64 bits per heavy atom. The van der Waals surface area contributed by atoms with Crippen LogP contribution in [0.3, 0.4) is 0 Å². The first-order chi connectivity index (χ1) is 15.6. The highest BCUT2D eigenvalue weighted by atomic mass is 16.5. The van der Waals surface area contributed by atoms with Crippen LogP contribution in [0.15, 0.2) is 61.1 Å². The second-order valence-corrected chi connectivity index (χ2v) is 7.39. The van der Waals surface area contributed by atoms with E-state index in [0.717, 1.165) is 5.56 Å². The number of carbonyl (C=O) groups is 2. The molecule has 168 valence electrons. The van der Waals surface area contributed by atoms with E-state index in [1.807, 2.05) is 30.3 Å². The number of nitrogens with zero attached hydrogens (tertiary/aromatic N) is 6. The van der Waals surface area contributed by atoms with Crippen LogP contribution in [-0.2, 0) is 11.3 Å². The number of ether oxygens (including phenoxy) is 1. The smallest absolute Gasteiger partial charge is 0.274 e. The van der Waals surface area contributed by atoms with Crippen LogP contribution in [0.25, 0.3) is 11.0 Å². The summed E-state index contributed by atoms with van der Waals surface area (Å²) < 4.78 is 7.42. The summed E-state index contributed by atoms with van der Waals surface area (Å²) in [4.78, 5) is 35.7. The summed E-state index contributed by atoms with van der Waals surface area (Å²) in [6.45, 7) is 0.464. The van der Waals surface area contributed by atoms with Crippen LogP contribution in [0.1, 0.15) is 23.5 Å². The zero-order valence-corrected chi connectivity index (χ0v) is 17.2. The van der Waals surface area contributed by atoms with Gasteiger partial charge in [-0.15, -0.1) is 5.10 Å². The highest BCUT2D eigenvalue weighted by Gasteiger charge is 2.31. The summed E-state index contributed by atoms with van der Waals surface area (Å²) in [5.74, 6) is -0.310. The fourth-order valence-corrected chi connectivity index (χ4v) is 3.54. The fourth-order valence-electron chi connectivity index (χ4n) is 3.54. The molecule has 0 spiro atoms. The zero-order chi connectivity index (χ0) is 22.1. The molecule has 10 nitrogen and oxygen atoms in total. The number of fused-ring (bicyclic) bond motifs is 2. The molecule has 0 unspecified atom stereocenters. The molecule has 1 aliphatic heterocycles. The van der Waals surface area contributed by atoms with E-state index in [-0.39, 0.29) is 25.6 Å². The molecule has 5 rings (SSSR count). The van der Waals surface area contributed by atoms with Crippen molar-refractivity contribution >= 4 is 28.5 Å². The van der Waals surface area contributed by atoms with Gasteiger partial charge in [0.25, 0.3) is 11.8 Å². The quantitative estimate of drug-likeness (QED) is 0.511. The Labute approximate surface area is 190 Å². The molecule has 2 aromatic carbocycles. The first kappa shape index (κ1) is 21.9. The van der Waals surface area contributed by atoms with Crippen LogP contribution < -0.4 is 15.0 Å². The van der Waals surface area contributed by atoms with E-state index in [1.165, 1.54) is 4.90 Å². The lowest BCUT2D eigenvalue weighted by Crippen LogP contribution is -2.49. The van der Waals surface area contributed by atoms with E-state index in [1.54, 1.807) is 42.5 Å². The maximum Gasteiger partial charge on any atom is 0.274 e. The largest absolute Gasteiger partial charge is 0.489 e. The lowest BCUT2D eigenvalue weighted by atomic mass is 10.2. The second kappa shape index (κ2) is 9.03. The maximum atomic E-state index is 13.0. The number of hydrogen-bond donors (Lipinski definition) is 1. The van der Waals surface area contributed by atoms with Gasteiger partial charge in [0.15, 0.2) is 5.69 Å².